The van der Waals surface area contributed by atoms with E-state index in [9.17, 15) is 10.1 Å². The molecule has 6 heteroatoms. The molecule has 5 rings (SSSR count). The summed E-state index contributed by atoms with van der Waals surface area (Å²) in [7, 11) is 0. The van der Waals surface area contributed by atoms with Crippen molar-refractivity contribution in [2.24, 2.45) is 0 Å². The lowest BCUT2D eigenvalue weighted by molar-refractivity contribution is 0.0605. The van der Waals surface area contributed by atoms with E-state index in [-0.39, 0.29) is 11.9 Å². The number of carbonyl (C=O) groups excluding carboxylic acids is 1. The second kappa shape index (κ2) is 8.14. The number of fused-ring (bicyclic) bond motifs is 1. The molecule has 3 aromatic rings. The number of aryl methyl sites for hydroxylation is 1. The quantitative estimate of drug-likeness (QED) is 0.610. The highest BCUT2D eigenvalue weighted by molar-refractivity contribution is 5.97. The van der Waals surface area contributed by atoms with Crippen molar-refractivity contribution < 1.29 is 4.79 Å². The molecule has 31 heavy (non-hydrogen) atoms. The van der Waals surface area contributed by atoms with Crippen molar-refractivity contribution in [3.8, 4) is 6.07 Å². The molecule has 2 aliphatic rings. The standard InChI is InChI=1S/C25H27N5O/c1-17-16-30-23(27-24(17)18-8-2-3-9-18)14-21(28-30)22-12-6-7-13-29(22)25(31)20-11-5-4-10-19(20)15-26/h4-5,10-11,14,16,18,22H,2-3,6-9,12-13H2,1H3. The van der Waals surface area contributed by atoms with Gasteiger partial charge in [0, 0.05) is 24.7 Å². The summed E-state index contributed by atoms with van der Waals surface area (Å²) in [4.78, 5) is 20.3. The molecule has 1 amide bonds. The Morgan fingerprint density at radius 3 is 2.71 bits per heavy atom. The largest absolute Gasteiger partial charge is 0.330 e. The number of rotatable bonds is 3. The Kier molecular flexibility index (Phi) is 5.19. The fourth-order valence-corrected chi connectivity index (χ4v) is 5.22. The lowest BCUT2D eigenvalue weighted by Crippen LogP contribution is -2.39. The highest BCUT2D eigenvalue weighted by Crippen LogP contribution is 2.36. The zero-order valence-electron chi connectivity index (χ0n) is 17.9. The SMILES string of the molecule is Cc1cn2nc(C3CCCCN3C(=O)c3ccccc3C#N)cc2nc1C1CCCC1. The van der Waals surface area contributed by atoms with Crippen molar-refractivity contribution in [1.82, 2.24) is 19.5 Å². The van der Waals surface area contributed by atoms with E-state index in [0.717, 1.165) is 30.6 Å². The Bertz CT molecular complexity index is 1170. The molecule has 1 saturated heterocycles. The lowest BCUT2D eigenvalue weighted by Gasteiger charge is -2.35. The van der Waals surface area contributed by atoms with Gasteiger partial charge in [-0.25, -0.2) is 9.50 Å². The van der Waals surface area contributed by atoms with Crippen LogP contribution in [0.25, 0.3) is 5.65 Å². The van der Waals surface area contributed by atoms with Crippen LogP contribution < -0.4 is 0 Å². The van der Waals surface area contributed by atoms with Gasteiger partial charge in [-0.15, -0.1) is 0 Å². The Labute approximate surface area is 182 Å². The third kappa shape index (κ3) is 3.59. The molecule has 1 aromatic carbocycles. The highest BCUT2D eigenvalue weighted by Gasteiger charge is 2.32. The Hall–Kier alpha value is -3.20. The lowest BCUT2D eigenvalue weighted by atomic mass is 9.97. The van der Waals surface area contributed by atoms with Crippen LogP contribution in [0.3, 0.4) is 0 Å². The summed E-state index contributed by atoms with van der Waals surface area (Å²) in [5.41, 5.74) is 5.03. The molecule has 3 heterocycles. The van der Waals surface area contributed by atoms with Crippen LogP contribution in [0, 0.1) is 18.3 Å². The minimum absolute atomic E-state index is 0.0882. The van der Waals surface area contributed by atoms with Crippen molar-refractivity contribution in [3.05, 3.63) is 64.6 Å². The van der Waals surface area contributed by atoms with Crippen LogP contribution in [0.4, 0.5) is 0 Å². The van der Waals surface area contributed by atoms with E-state index in [1.54, 1.807) is 18.2 Å². The van der Waals surface area contributed by atoms with Crippen molar-refractivity contribution in [1.29, 1.82) is 5.26 Å². The van der Waals surface area contributed by atoms with Gasteiger partial charge in [-0.3, -0.25) is 4.79 Å². The van der Waals surface area contributed by atoms with Gasteiger partial charge in [-0.2, -0.15) is 10.4 Å². The summed E-state index contributed by atoms with van der Waals surface area (Å²) >= 11 is 0. The number of piperidine rings is 1. The Balaban J connectivity index is 1.50. The maximum atomic E-state index is 13.4. The molecular formula is C25H27N5O. The van der Waals surface area contributed by atoms with E-state index in [4.69, 9.17) is 10.1 Å². The fraction of sp³-hybridized carbons (Fsp3) is 0.440. The smallest absolute Gasteiger partial charge is 0.255 e. The molecule has 2 fully saturated rings. The number of nitriles is 1. The third-order valence-corrected chi connectivity index (χ3v) is 6.81. The molecule has 1 atom stereocenters. The van der Waals surface area contributed by atoms with Crippen LogP contribution in [-0.4, -0.2) is 31.9 Å². The van der Waals surface area contributed by atoms with Crippen molar-refractivity contribution >= 4 is 11.6 Å². The maximum Gasteiger partial charge on any atom is 0.255 e. The Morgan fingerprint density at radius 2 is 1.90 bits per heavy atom. The maximum absolute atomic E-state index is 13.4. The molecule has 1 aliphatic heterocycles. The normalized spacial score (nSPS) is 19.6. The number of likely N-dealkylation sites (tertiary alicyclic amines) is 1. The first kappa shape index (κ1) is 19.7. The van der Waals surface area contributed by atoms with E-state index in [1.807, 2.05) is 21.5 Å². The number of hydrogen-bond acceptors (Lipinski definition) is 4. The van der Waals surface area contributed by atoms with E-state index in [1.165, 1.54) is 36.9 Å². The monoisotopic (exact) mass is 413 g/mol. The minimum Gasteiger partial charge on any atom is -0.330 e. The number of aromatic nitrogens is 3. The molecule has 0 radical (unpaired) electrons. The first-order valence-electron chi connectivity index (χ1n) is 11.3. The Morgan fingerprint density at radius 1 is 1.13 bits per heavy atom. The van der Waals surface area contributed by atoms with Crippen LogP contribution in [-0.2, 0) is 0 Å². The second-order valence-electron chi connectivity index (χ2n) is 8.83. The summed E-state index contributed by atoms with van der Waals surface area (Å²) < 4.78 is 1.86. The van der Waals surface area contributed by atoms with Gasteiger partial charge in [-0.1, -0.05) is 25.0 Å². The molecular weight excluding hydrogens is 386 g/mol. The molecule has 0 N–H and O–H groups in total. The summed E-state index contributed by atoms with van der Waals surface area (Å²) in [6, 6.07) is 11.2. The predicted octanol–water partition coefficient (Wildman–Crippen LogP) is 4.93. The first-order chi connectivity index (χ1) is 15.2. The van der Waals surface area contributed by atoms with Gasteiger partial charge in [0.1, 0.15) is 0 Å². The molecule has 1 saturated carbocycles. The third-order valence-electron chi connectivity index (χ3n) is 6.81. The molecule has 0 spiro atoms. The molecule has 2 aromatic heterocycles. The zero-order valence-corrected chi connectivity index (χ0v) is 17.9. The zero-order chi connectivity index (χ0) is 21.4. The van der Waals surface area contributed by atoms with Crippen molar-refractivity contribution in [2.75, 3.05) is 6.54 Å². The van der Waals surface area contributed by atoms with Gasteiger partial charge < -0.3 is 4.90 Å². The number of nitrogens with zero attached hydrogens (tertiary/aromatic N) is 5. The van der Waals surface area contributed by atoms with Gasteiger partial charge in [-0.05, 0) is 56.7 Å². The van der Waals surface area contributed by atoms with Gasteiger partial charge in [0.05, 0.1) is 34.6 Å². The summed E-state index contributed by atoms with van der Waals surface area (Å²) in [6.07, 6.45) is 9.98. The average Bonchev–Trinajstić information content (AvgIpc) is 3.47. The number of carbonyl (C=O) groups is 1. The van der Waals surface area contributed by atoms with E-state index >= 15 is 0 Å². The van der Waals surface area contributed by atoms with Gasteiger partial charge >= 0.3 is 0 Å². The summed E-state index contributed by atoms with van der Waals surface area (Å²) in [6.45, 7) is 2.80. The van der Waals surface area contributed by atoms with Gasteiger partial charge in [0.15, 0.2) is 5.65 Å². The molecule has 0 bridgehead atoms. The average molecular weight is 414 g/mol. The minimum atomic E-state index is -0.0927. The van der Waals surface area contributed by atoms with Crippen molar-refractivity contribution in [3.63, 3.8) is 0 Å². The van der Waals surface area contributed by atoms with Crippen LogP contribution in [0.1, 0.15) is 89.8 Å². The van der Waals surface area contributed by atoms with Gasteiger partial charge in [0.2, 0.25) is 0 Å². The van der Waals surface area contributed by atoms with Crippen LogP contribution >= 0.6 is 0 Å². The first-order valence-corrected chi connectivity index (χ1v) is 11.3. The number of hydrogen-bond donors (Lipinski definition) is 0. The van der Waals surface area contributed by atoms with E-state index < -0.39 is 0 Å². The highest BCUT2D eigenvalue weighted by atomic mass is 16.2. The topological polar surface area (TPSA) is 74.3 Å². The van der Waals surface area contributed by atoms with Crippen molar-refractivity contribution in [2.45, 2.75) is 63.8 Å². The molecule has 1 unspecified atom stereocenters. The predicted molar refractivity (Wildman–Crippen MR) is 118 cm³/mol. The van der Waals surface area contributed by atoms with Gasteiger partial charge in [0.25, 0.3) is 5.91 Å². The van der Waals surface area contributed by atoms with Crippen LogP contribution in [0.5, 0.6) is 0 Å². The number of benzene rings is 1. The number of amides is 1. The van der Waals surface area contributed by atoms with Crippen LogP contribution in [0.2, 0.25) is 0 Å². The van der Waals surface area contributed by atoms with E-state index in [2.05, 4.69) is 19.2 Å². The summed E-state index contributed by atoms with van der Waals surface area (Å²) in [5, 5.41) is 14.3. The second-order valence-corrected chi connectivity index (χ2v) is 8.83. The van der Waals surface area contributed by atoms with Crippen LogP contribution in [0.15, 0.2) is 36.5 Å². The van der Waals surface area contributed by atoms with E-state index in [0.29, 0.717) is 23.6 Å². The summed E-state index contributed by atoms with van der Waals surface area (Å²) in [5.74, 6) is 0.466. The molecule has 6 nitrogen and oxygen atoms in total. The molecule has 1 aliphatic carbocycles. The fourth-order valence-electron chi connectivity index (χ4n) is 5.22. The molecule has 158 valence electrons.